The maximum atomic E-state index is 2.39. The van der Waals surface area contributed by atoms with E-state index in [2.05, 4.69) is 72.0 Å². The molecular formula is C17H16Cl2NTi-. The molecular weight excluding hydrogens is 337 g/mol. The summed E-state index contributed by atoms with van der Waals surface area (Å²) < 4.78 is 0. The van der Waals surface area contributed by atoms with Crippen molar-refractivity contribution in [1.29, 1.82) is 0 Å². The summed E-state index contributed by atoms with van der Waals surface area (Å²) in [6, 6.07) is 19.4. The molecule has 4 heteroatoms. The maximum Gasteiger partial charge on any atom is 0.0313 e. The van der Waals surface area contributed by atoms with Crippen LogP contribution < -0.4 is 4.90 Å². The Morgan fingerprint density at radius 3 is 2.33 bits per heavy atom. The Hall–Kier alpha value is -0.856. The van der Waals surface area contributed by atoms with E-state index in [9.17, 15) is 0 Å². The van der Waals surface area contributed by atoms with Gasteiger partial charge >= 0.3 is 0 Å². The smallest absolute Gasteiger partial charge is 0.0313 e. The zero-order chi connectivity index (χ0) is 11.9. The van der Waals surface area contributed by atoms with Crippen LogP contribution in [-0.2, 0) is 21.7 Å². The van der Waals surface area contributed by atoms with Gasteiger partial charge in [-0.05, 0) is 23.8 Å². The van der Waals surface area contributed by atoms with Gasteiger partial charge in [-0.15, -0.1) is 36.9 Å². The molecule has 1 nitrogen and oxygen atoms in total. The molecule has 108 valence electrons. The largest absolute Gasteiger partial charge is 0.395 e. The normalized spacial score (nSPS) is 17.2. The van der Waals surface area contributed by atoms with Gasteiger partial charge in [-0.25, -0.2) is 12.5 Å². The van der Waals surface area contributed by atoms with Gasteiger partial charge in [0, 0.05) is 33.1 Å². The van der Waals surface area contributed by atoms with Crippen molar-refractivity contribution in [3.8, 4) is 0 Å². The topological polar surface area (TPSA) is 3.24 Å². The van der Waals surface area contributed by atoms with E-state index in [0.717, 1.165) is 6.42 Å². The average Bonchev–Trinajstić information content (AvgIpc) is 2.99. The number of rotatable bonds is 1. The van der Waals surface area contributed by atoms with Crippen LogP contribution in [0.15, 0.2) is 66.4 Å². The Labute approximate surface area is 153 Å². The van der Waals surface area contributed by atoms with Crippen LogP contribution in [0.1, 0.15) is 17.9 Å². The molecule has 2 aromatic rings. The van der Waals surface area contributed by atoms with E-state index in [-0.39, 0.29) is 46.5 Å². The summed E-state index contributed by atoms with van der Waals surface area (Å²) in [6.45, 7) is 0. The molecule has 0 amide bonds. The monoisotopic (exact) mass is 352 g/mol. The van der Waals surface area contributed by atoms with Gasteiger partial charge in [0.25, 0.3) is 0 Å². The number of benzene rings is 2. The summed E-state index contributed by atoms with van der Waals surface area (Å²) in [4.78, 5) is 2.39. The number of para-hydroxylation sites is 2. The third kappa shape index (κ3) is 2.89. The van der Waals surface area contributed by atoms with Crippen molar-refractivity contribution in [2.24, 2.45) is 0 Å². The third-order valence-corrected chi connectivity index (χ3v) is 3.84. The van der Waals surface area contributed by atoms with Gasteiger partial charge in [-0.2, -0.15) is 0 Å². The Kier molecular flexibility index (Phi) is 6.43. The fraction of sp³-hybridized carbons (Fsp3) is 0.118. The van der Waals surface area contributed by atoms with Gasteiger partial charge in [0.05, 0.1) is 0 Å². The van der Waals surface area contributed by atoms with Gasteiger partial charge in [0.15, 0.2) is 0 Å². The first-order valence-corrected chi connectivity index (χ1v) is 6.42. The minimum absolute atomic E-state index is 0. The molecule has 0 radical (unpaired) electrons. The van der Waals surface area contributed by atoms with Crippen LogP contribution in [0, 0.1) is 6.42 Å². The first-order valence-electron chi connectivity index (χ1n) is 6.42. The molecule has 0 saturated carbocycles. The molecule has 0 aromatic heterocycles. The molecule has 4 rings (SSSR count). The summed E-state index contributed by atoms with van der Waals surface area (Å²) in [7, 11) is 0. The second-order valence-corrected chi connectivity index (χ2v) is 4.85. The van der Waals surface area contributed by atoms with Gasteiger partial charge in [-0.3, -0.25) is 0 Å². The summed E-state index contributed by atoms with van der Waals surface area (Å²) >= 11 is 0. The zero-order valence-corrected chi connectivity index (χ0v) is 14.6. The second kappa shape index (κ2) is 7.42. The standard InChI is InChI=1S/C17H14N.2ClH.Ti/c1-2-7-13(8-3-1)18-16-11-5-4-9-14(16)15-10-6-12-17(15)18;;;/h1-9,11-12,15H,10H2;2*1H;/q-1;;;. The van der Waals surface area contributed by atoms with Crippen LogP contribution in [0.2, 0.25) is 0 Å². The third-order valence-electron chi connectivity index (χ3n) is 3.84. The molecule has 21 heavy (non-hydrogen) atoms. The Morgan fingerprint density at radius 2 is 1.57 bits per heavy atom. The molecule has 1 atom stereocenters. The first-order chi connectivity index (χ1) is 8.95. The molecule has 0 fully saturated rings. The second-order valence-electron chi connectivity index (χ2n) is 4.85. The minimum Gasteiger partial charge on any atom is -0.395 e. The molecule has 1 heterocycles. The number of hydrogen-bond acceptors (Lipinski definition) is 1. The number of nitrogens with zero attached hydrogens (tertiary/aromatic N) is 1. The molecule has 0 saturated heterocycles. The predicted molar refractivity (Wildman–Crippen MR) is 89.3 cm³/mol. The van der Waals surface area contributed by atoms with E-state index in [4.69, 9.17) is 0 Å². The number of fused-ring (bicyclic) bond motifs is 3. The fourth-order valence-electron chi connectivity index (χ4n) is 3.07. The molecule has 1 unspecified atom stereocenters. The summed E-state index contributed by atoms with van der Waals surface area (Å²) in [6.07, 6.45) is 5.69. The molecule has 0 N–H and O–H groups in total. The van der Waals surface area contributed by atoms with Gasteiger partial charge in [0.1, 0.15) is 0 Å². The minimum atomic E-state index is 0. The van der Waals surface area contributed by atoms with Crippen molar-refractivity contribution < 1.29 is 21.7 Å². The van der Waals surface area contributed by atoms with Crippen molar-refractivity contribution in [3.63, 3.8) is 0 Å². The van der Waals surface area contributed by atoms with Gasteiger partial charge in [-0.1, -0.05) is 42.3 Å². The number of halogens is 2. The molecule has 1 aliphatic heterocycles. The summed E-state index contributed by atoms with van der Waals surface area (Å²) in [5.41, 5.74) is 5.48. The van der Waals surface area contributed by atoms with Crippen molar-refractivity contribution in [2.75, 3.05) is 4.90 Å². The molecule has 1 aliphatic carbocycles. The van der Waals surface area contributed by atoms with Gasteiger partial charge < -0.3 is 4.90 Å². The van der Waals surface area contributed by atoms with Crippen molar-refractivity contribution in [3.05, 3.63) is 78.4 Å². The maximum absolute atomic E-state index is 2.39. The van der Waals surface area contributed by atoms with E-state index >= 15 is 0 Å². The van der Waals surface area contributed by atoms with Crippen LogP contribution in [0.5, 0.6) is 0 Å². The van der Waals surface area contributed by atoms with E-state index in [0.29, 0.717) is 5.92 Å². The van der Waals surface area contributed by atoms with Crippen LogP contribution >= 0.6 is 24.8 Å². The molecule has 2 aliphatic rings. The molecule has 0 spiro atoms. The molecule has 0 bridgehead atoms. The predicted octanol–water partition coefficient (Wildman–Crippen LogP) is 5.25. The zero-order valence-electron chi connectivity index (χ0n) is 11.4. The van der Waals surface area contributed by atoms with Crippen LogP contribution in [0.3, 0.4) is 0 Å². The quantitative estimate of drug-likeness (QED) is 0.500. The van der Waals surface area contributed by atoms with E-state index in [1.54, 1.807) is 0 Å². The number of allylic oxidation sites excluding steroid dienone is 2. The van der Waals surface area contributed by atoms with Crippen molar-refractivity contribution in [2.45, 2.75) is 12.3 Å². The van der Waals surface area contributed by atoms with Crippen LogP contribution in [0.25, 0.3) is 0 Å². The summed E-state index contributed by atoms with van der Waals surface area (Å²) in [5.74, 6) is 0.557. The average molecular weight is 353 g/mol. The Morgan fingerprint density at radius 1 is 0.905 bits per heavy atom. The molecule has 2 aromatic carbocycles. The van der Waals surface area contributed by atoms with Crippen molar-refractivity contribution >= 4 is 36.2 Å². The van der Waals surface area contributed by atoms with Crippen LogP contribution in [-0.4, -0.2) is 0 Å². The fourth-order valence-corrected chi connectivity index (χ4v) is 3.07. The van der Waals surface area contributed by atoms with E-state index in [1.807, 2.05) is 0 Å². The Bertz CT molecular complexity index is 628. The first kappa shape index (κ1) is 18.2. The van der Waals surface area contributed by atoms with Crippen molar-refractivity contribution in [1.82, 2.24) is 0 Å². The number of hydrogen-bond donors (Lipinski definition) is 0. The Balaban J connectivity index is 0.000000735. The van der Waals surface area contributed by atoms with E-state index < -0.39 is 0 Å². The number of anilines is 2. The van der Waals surface area contributed by atoms with E-state index in [1.165, 1.54) is 22.6 Å². The van der Waals surface area contributed by atoms with Gasteiger partial charge in [0.2, 0.25) is 0 Å². The van der Waals surface area contributed by atoms with Crippen LogP contribution in [0.4, 0.5) is 11.4 Å². The summed E-state index contributed by atoms with van der Waals surface area (Å²) in [5, 5.41) is 0. The SMILES string of the molecule is C1=C2C(C[CH-]1)c1ccccc1N2c1ccccc1.Cl.Cl.[Ti].